The molecule has 0 bridgehead atoms. The first-order chi connectivity index (χ1) is 13.7. The first-order valence-electron chi connectivity index (χ1n) is 10.2. The molecule has 29 heavy (non-hydrogen) atoms. The van der Waals surface area contributed by atoms with Gasteiger partial charge in [0.25, 0.3) is 0 Å². The van der Waals surface area contributed by atoms with Crippen LogP contribution in [0.1, 0.15) is 62.6 Å². The van der Waals surface area contributed by atoms with Crippen LogP contribution < -0.4 is 5.32 Å². The number of aryl methyl sites for hydroxylation is 1. The van der Waals surface area contributed by atoms with Crippen LogP contribution in [0.25, 0.3) is 0 Å². The molecule has 1 amide bonds. The molecule has 0 spiro atoms. The fraction of sp³-hybridized carbons (Fsp3) is 0.667. The van der Waals surface area contributed by atoms with Gasteiger partial charge < -0.3 is 24.8 Å². The van der Waals surface area contributed by atoms with Crippen LogP contribution in [-0.4, -0.2) is 65.4 Å². The van der Waals surface area contributed by atoms with Crippen LogP contribution in [0, 0.1) is 0 Å². The van der Waals surface area contributed by atoms with E-state index in [4.69, 9.17) is 4.74 Å². The largest absolute Gasteiger partial charge is 0.505 e. The van der Waals surface area contributed by atoms with Crippen LogP contribution in [0.3, 0.4) is 0 Å². The van der Waals surface area contributed by atoms with Gasteiger partial charge in [-0.3, -0.25) is 0 Å². The van der Waals surface area contributed by atoms with Crippen LogP contribution >= 0.6 is 0 Å². The lowest BCUT2D eigenvalue weighted by Gasteiger charge is -2.33. The Morgan fingerprint density at radius 2 is 2.07 bits per heavy atom. The van der Waals surface area contributed by atoms with Crippen molar-refractivity contribution in [1.29, 1.82) is 0 Å². The third-order valence-corrected chi connectivity index (χ3v) is 4.69. The quantitative estimate of drug-likeness (QED) is 0.529. The van der Waals surface area contributed by atoms with E-state index in [0.29, 0.717) is 0 Å². The molecule has 162 valence electrons. The Morgan fingerprint density at radius 1 is 1.31 bits per heavy atom. The lowest BCUT2D eigenvalue weighted by atomic mass is 10.1. The zero-order valence-corrected chi connectivity index (χ0v) is 17.9. The van der Waals surface area contributed by atoms with E-state index in [9.17, 15) is 14.7 Å². The molecule has 0 radical (unpaired) electrons. The molecule has 0 saturated carbocycles. The van der Waals surface area contributed by atoms with Gasteiger partial charge in [0.05, 0.1) is 7.11 Å². The summed E-state index contributed by atoms with van der Waals surface area (Å²) >= 11 is 0. The van der Waals surface area contributed by atoms with Gasteiger partial charge in [0.15, 0.2) is 5.69 Å². The van der Waals surface area contributed by atoms with Crippen molar-refractivity contribution in [2.24, 2.45) is 0 Å². The van der Waals surface area contributed by atoms with Crippen molar-refractivity contribution in [3.8, 4) is 5.75 Å². The fourth-order valence-corrected chi connectivity index (χ4v) is 3.37. The number of pyridine rings is 1. The molecule has 8 heteroatoms. The summed E-state index contributed by atoms with van der Waals surface area (Å²) in [6, 6.07) is 3.32. The predicted molar refractivity (Wildman–Crippen MR) is 109 cm³/mol. The Balaban J connectivity index is 1.74. The summed E-state index contributed by atoms with van der Waals surface area (Å²) in [6.45, 7) is 8.36. The van der Waals surface area contributed by atoms with Crippen molar-refractivity contribution < 1.29 is 24.2 Å². The number of aromatic hydroxyl groups is 1. The second-order valence-corrected chi connectivity index (χ2v) is 8.40. The summed E-state index contributed by atoms with van der Waals surface area (Å²) in [5.74, 6) is -0.807. The Hall–Kier alpha value is -2.35. The highest BCUT2D eigenvalue weighted by Gasteiger charge is 2.24. The Kier molecular flexibility index (Phi) is 8.25. The maximum absolute atomic E-state index is 12.0. The summed E-state index contributed by atoms with van der Waals surface area (Å²) in [5, 5.41) is 12.7. The van der Waals surface area contributed by atoms with Gasteiger partial charge in [0.1, 0.15) is 11.4 Å². The lowest BCUT2D eigenvalue weighted by Crippen LogP contribution is -2.49. The minimum absolute atomic E-state index is 0.0444. The number of esters is 1. The number of alkyl carbamates (subject to hydrolysis) is 1. The average Bonchev–Trinajstić information content (AvgIpc) is 2.64. The topological polar surface area (TPSA) is 101 Å². The zero-order chi connectivity index (χ0) is 21.4. The maximum Gasteiger partial charge on any atom is 0.407 e. The van der Waals surface area contributed by atoms with E-state index >= 15 is 0 Å². The standard InChI is InChI=1S/C21H33N3O5/c1-21(2,3)29-20(27)23-16-9-7-13-24(14-16)12-6-5-8-15-10-11-17(25)18(22-15)19(26)28-4/h10-11,16,25H,5-9,12-14H2,1-4H3,(H,23,27). The number of unbranched alkanes of at least 4 members (excludes halogenated alkanes) is 1. The Bertz CT molecular complexity index is 702. The highest BCUT2D eigenvalue weighted by molar-refractivity contribution is 5.90. The molecule has 1 fully saturated rings. The van der Waals surface area contributed by atoms with E-state index in [1.165, 1.54) is 13.2 Å². The Labute approximate surface area is 172 Å². The number of carbonyl (C=O) groups is 2. The number of carbonyl (C=O) groups excluding carboxylic acids is 2. The molecule has 1 aliphatic heterocycles. The summed E-state index contributed by atoms with van der Waals surface area (Å²) in [5.41, 5.74) is 0.220. The molecule has 1 aliphatic rings. The molecule has 1 aromatic rings. The molecule has 2 rings (SSSR count). The lowest BCUT2D eigenvalue weighted by molar-refractivity contribution is 0.0471. The monoisotopic (exact) mass is 407 g/mol. The molecule has 1 atom stereocenters. The van der Waals surface area contributed by atoms with Crippen LogP contribution in [0.15, 0.2) is 12.1 Å². The van der Waals surface area contributed by atoms with Gasteiger partial charge in [-0.15, -0.1) is 0 Å². The number of methoxy groups -OCH3 is 1. The van der Waals surface area contributed by atoms with E-state index in [1.54, 1.807) is 6.07 Å². The van der Waals surface area contributed by atoms with E-state index < -0.39 is 11.6 Å². The number of likely N-dealkylation sites (tertiary alicyclic amines) is 1. The summed E-state index contributed by atoms with van der Waals surface area (Å²) < 4.78 is 9.97. The van der Waals surface area contributed by atoms with Gasteiger partial charge >= 0.3 is 12.1 Å². The number of hydrogen-bond acceptors (Lipinski definition) is 7. The predicted octanol–water partition coefficient (Wildman–Crippen LogP) is 2.89. The van der Waals surface area contributed by atoms with Gasteiger partial charge in [0.2, 0.25) is 0 Å². The molecule has 1 unspecified atom stereocenters. The van der Waals surface area contributed by atoms with Crippen molar-refractivity contribution in [3.63, 3.8) is 0 Å². The molecular formula is C21H33N3O5. The highest BCUT2D eigenvalue weighted by Crippen LogP contribution is 2.17. The maximum atomic E-state index is 12.0. The van der Waals surface area contributed by atoms with Gasteiger partial charge in [-0.2, -0.15) is 0 Å². The van der Waals surface area contributed by atoms with E-state index in [2.05, 4.69) is 19.9 Å². The van der Waals surface area contributed by atoms with Crippen LogP contribution in [0.5, 0.6) is 5.75 Å². The molecule has 1 saturated heterocycles. The first-order valence-corrected chi connectivity index (χ1v) is 10.2. The van der Waals surface area contributed by atoms with Gasteiger partial charge in [-0.1, -0.05) is 0 Å². The molecule has 8 nitrogen and oxygen atoms in total. The number of rotatable bonds is 7. The first kappa shape index (κ1) is 22.9. The number of piperidine rings is 1. The van der Waals surface area contributed by atoms with Crippen molar-refractivity contribution in [2.45, 2.75) is 64.5 Å². The number of nitrogens with one attached hydrogen (secondary N) is 1. The highest BCUT2D eigenvalue weighted by atomic mass is 16.6. The smallest absolute Gasteiger partial charge is 0.407 e. The number of ether oxygens (including phenoxy) is 2. The van der Waals surface area contributed by atoms with E-state index in [-0.39, 0.29) is 23.6 Å². The molecule has 1 aromatic heterocycles. The molecule has 2 heterocycles. The minimum Gasteiger partial charge on any atom is -0.505 e. The SMILES string of the molecule is COC(=O)c1nc(CCCCN2CCCC(NC(=O)OC(C)(C)C)C2)ccc1O. The zero-order valence-electron chi connectivity index (χ0n) is 17.9. The summed E-state index contributed by atoms with van der Waals surface area (Å²) in [6.07, 6.45) is 4.27. The number of aromatic nitrogens is 1. The van der Waals surface area contributed by atoms with Crippen LogP contribution in [0.2, 0.25) is 0 Å². The molecule has 2 N–H and O–H groups in total. The third-order valence-electron chi connectivity index (χ3n) is 4.69. The van der Waals surface area contributed by atoms with Crippen molar-refractivity contribution >= 4 is 12.1 Å². The Morgan fingerprint density at radius 3 is 2.76 bits per heavy atom. The van der Waals surface area contributed by atoms with Gasteiger partial charge in [-0.05, 0) is 78.1 Å². The number of amides is 1. The van der Waals surface area contributed by atoms with Gasteiger partial charge in [0, 0.05) is 18.3 Å². The van der Waals surface area contributed by atoms with E-state index in [0.717, 1.165) is 57.4 Å². The van der Waals surface area contributed by atoms with Crippen LogP contribution in [-0.2, 0) is 15.9 Å². The van der Waals surface area contributed by atoms with Crippen molar-refractivity contribution in [1.82, 2.24) is 15.2 Å². The second kappa shape index (κ2) is 10.4. The molecule has 0 aliphatic carbocycles. The van der Waals surface area contributed by atoms with Crippen molar-refractivity contribution in [2.75, 3.05) is 26.7 Å². The summed E-state index contributed by atoms with van der Waals surface area (Å²) in [7, 11) is 1.26. The minimum atomic E-state index is -0.638. The van der Waals surface area contributed by atoms with Crippen molar-refractivity contribution in [3.05, 3.63) is 23.5 Å². The average molecular weight is 408 g/mol. The van der Waals surface area contributed by atoms with E-state index in [1.807, 2.05) is 20.8 Å². The van der Waals surface area contributed by atoms with Gasteiger partial charge in [-0.25, -0.2) is 14.6 Å². The number of hydrogen-bond donors (Lipinski definition) is 2. The molecule has 0 aromatic carbocycles. The van der Waals surface area contributed by atoms with Crippen LogP contribution in [0.4, 0.5) is 4.79 Å². The number of nitrogens with zero attached hydrogens (tertiary/aromatic N) is 2. The second-order valence-electron chi connectivity index (χ2n) is 8.40. The molecular weight excluding hydrogens is 374 g/mol. The normalized spacial score (nSPS) is 17.6. The fourth-order valence-electron chi connectivity index (χ4n) is 3.37. The summed E-state index contributed by atoms with van der Waals surface area (Å²) in [4.78, 5) is 30.1. The third kappa shape index (κ3) is 7.89.